The van der Waals surface area contributed by atoms with E-state index in [-0.39, 0.29) is 12.8 Å². The summed E-state index contributed by atoms with van der Waals surface area (Å²) in [5.41, 5.74) is 16.9. The zero-order valence-corrected chi connectivity index (χ0v) is 32.5. The van der Waals surface area contributed by atoms with E-state index in [1.165, 1.54) is 16.7 Å². The van der Waals surface area contributed by atoms with Gasteiger partial charge in [-0.25, -0.2) is 0 Å². The van der Waals surface area contributed by atoms with Gasteiger partial charge in [0.25, 0.3) is 0 Å². The number of benzene rings is 6. The van der Waals surface area contributed by atoms with Crippen molar-refractivity contribution in [3.8, 4) is 11.1 Å². The first-order valence-electron chi connectivity index (χ1n) is 19.0. The van der Waals surface area contributed by atoms with Crippen molar-refractivity contribution in [2.24, 2.45) is 0 Å². The highest BCUT2D eigenvalue weighted by atomic mass is 16.4. The number of hydrogen-bond donors (Lipinski definition) is 2. The molecule has 0 atom stereocenters. The van der Waals surface area contributed by atoms with Crippen LogP contribution < -0.4 is 9.80 Å². The predicted molar refractivity (Wildman–Crippen MR) is 226 cm³/mol. The van der Waals surface area contributed by atoms with Crippen LogP contribution in [0.25, 0.3) is 11.1 Å². The van der Waals surface area contributed by atoms with E-state index in [4.69, 9.17) is 10.2 Å². The van der Waals surface area contributed by atoms with Gasteiger partial charge in [0.2, 0.25) is 0 Å². The van der Waals surface area contributed by atoms with E-state index in [0.717, 1.165) is 80.3 Å². The summed E-state index contributed by atoms with van der Waals surface area (Å²) in [6.07, 6.45) is 3.03. The molecular formula is C49H50N2O4. The number of carbonyl (C=O) groups is 2. The third-order valence-electron chi connectivity index (χ3n) is 10.4. The minimum Gasteiger partial charge on any atom is -0.481 e. The minimum absolute atomic E-state index is 0.169. The van der Waals surface area contributed by atoms with Gasteiger partial charge in [-0.3, -0.25) is 9.59 Å². The van der Waals surface area contributed by atoms with Gasteiger partial charge in [-0.05, 0) is 178 Å². The lowest BCUT2D eigenvalue weighted by Gasteiger charge is -2.29. The molecule has 0 aromatic heterocycles. The van der Waals surface area contributed by atoms with E-state index >= 15 is 0 Å². The van der Waals surface area contributed by atoms with Crippen molar-refractivity contribution in [2.75, 3.05) is 9.80 Å². The molecule has 280 valence electrons. The van der Waals surface area contributed by atoms with E-state index in [0.29, 0.717) is 12.8 Å². The first kappa shape index (κ1) is 38.6. The van der Waals surface area contributed by atoms with E-state index in [9.17, 15) is 9.59 Å². The number of nitrogens with zero attached hydrogens (tertiary/aromatic N) is 2. The average Bonchev–Trinajstić information content (AvgIpc) is 3.16. The van der Waals surface area contributed by atoms with Gasteiger partial charge < -0.3 is 20.0 Å². The Kier molecular flexibility index (Phi) is 12.2. The Morgan fingerprint density at radius 3 is 1.24 bits per heavy atom. The monoisotopic (exact) mass is 730 g/mol. The Labute approximate surface area is 325 Å². The number of aryl methyl sites for hydroxylation is 7. The quantitative estimate of drug-likeness (QED) is 0.109. The molecule has 0 amide bonds. The Morgan fingerprint density at radius 2 is 0.836 bits per heavy atom. The van der Waals surface area contributed by atoms with Crippen LogP contribution in [0.4, 0.5) is 34.1 Å². The highest BCUT2D eigenvalue weighted by Crippen LogP contribution is 2.41. The van der Waals surface area contributed by atoms with Crippen LogP contribution in [-0.4, -0.2) is 22.2 Å². The summed E-state index contributed by atoms with van der Waals surface area (Å²) in [5.74, 6) is -1.53. The SMILES string of the molecule is Cc1ccc(N(c2ccc(CCCC(=O)O)cc2)c2ccc(-c3ccc(N(c4ccc(CCCC(=O)O)cc4)c4ccc(C)c(C)c4)c(C)c3)cc2C)cc1. The Hall–Kier alpha value is -6.14. The largest absolute Gasteiger partial charge is 0.481 e. The van der Waals surface area contributed by atoms with E-state index in [2.05, 4.69) is 172 Å². The van der Waals surface area contributed by atoms with Crippen molar-refractivity contribution >= 4 is 46.1 Å². The summed E-state index contributed by atoms with van der Waals surface area (Å²) in [6, 6.07) is 45.4. The summed E-state index contributed by atoms with van der Waals surface area (Å²) in [5, 5.41) is 18.1. The molecule has 55 heavy (non-hydrogen) atoms. The summed E-state index contributed by atoms with van der Waals surface area (Å²) >= 11 is 0. The maximum absolute atomic E-state index is 11.0. The van der Waals surface area contributed by atoms with Crippen LogP contribution in [0.3, 0.4) is 0 Å². The Bertz CT molecular complexity index is 2280. The second kappa shape index (κ2) is 17.3. The smallest absolute Gasteiger partial charge is 0.303 e. The molecule has 2 N–H and O–H groups in total. The minimum atomic E-state index is -0.763. The van der Waals surface area contributed by atoms with Gasteiger partial charge in [0, 0.05) is 47.0 Å². The van der Waals surface area contributed by atoms with Gasteiger partial charge in [0.05, 0.1) is 0 Å². The standard InChI is InChI=1S/C49H50N2O4/c1-33-12-21-42(22-13-33)50(43-24-15-38(16-25-43)8-6-10-48(52)53)46-28-19-40(30-36(46)4)41-20-29-47(37(5)31-41)51(45-23-14-34(2)35(3)32-45)44-26-17-39(18-27-44)9-7-11-49(54)55/h12-32H,6-11H2,1-5H3,(H,52,53)(H,54,55). The lowest BCUT2D eigenvalue weighted by atomic mass is 9.98. The second-order valence-electron chi connectivity index (χ2n) is 14.6. The maximum Gasteiger partial charge on any atom is 0.303 e. The second-order valence-corrected chi connectivity index (χ2v) is 14.6. The van der Waals surface area contributed by atoms with Crippen LogP contribution in [0.5, 0.6) is 0 Å². The van der Waals surface area contributed by atoms with Gasteiger partial charge in [0.1, 0.15) is 0 Å². The van der Waals surface area contributed by atoms with Gasteiger partial charge in [-0.15, -0.1) is 0 Å². The highest BCUT2D eigenvalue weighted by Gasteiger charge is 2.19. The molecule has 0 spiro atoms. The third-order valence-corrected chi connectivity index (χ3v) is 10.4. The average molecular weight is 731 g/mol. The number of anilines is 6. The van der Waals surface area contributed by atoms with Crippen molar-refractivity contribution in [1.82, 2.24) is 0 Å². The lowest BCUT2D eigenvalue weighted by Crippen LogP contribution is -2.12. The lowest BCUT2D eigenvalue weighted by molar-refractivity contribution is -0.138. The molecule has 6 aromatic rings. The molecule has 0 saturated carbocycles. The van der Waals surface area contributed by atoms with Gasteiger partial charge in [-0.2, -0.15) is 0 Å². The third kappa shape index (κ3) is 9.51. The number of carboxylic acid groups (broad SMARTS) is 2. The van der Waals surface area contributed by atoms with Crippen molar-refractivity contribution in [1.29, 1.82) is 0 Å². The van der Waals surface area contributed by atoms with E-state index < -0.39 is 11.9 Å². The molecule has 6 heteroatoms. The molecule has 0 heterocycles. The summed E-state index contributed by atoms with van der Waals surface area (Å²) in [7, 11) is 0. The Morgan fingerprint density at radius 1 is 0.436 bits per heavy atom. The number of aliphatic carboxylic acids is 2. The number of hydrogen-bond acceptors (Lipinski definition) is 4. The zero-order chi connectivity index (χ0) is 39.1. The predicted octanol–water partition coefficient (Wildman–Crippen LogP) is 12.6. The molecule has 0 radical (unpaired) electrons. The molecule has 0 saturated heterocycles. The van der Waals surface area contributed by atoms with Crippen molar-refractivity contribution in [3.05, 3.63) is 166 Å². The normalized spacial score (nSPS) is 11.0. The fraction of sp³-hybridized carbons (Fsp3) is 0.224. The van der Waals surface area contributed by atoms with Crippen molar-refractivity contribution < 1.29 is 19.8 Å². The van der Waals surface area contributed by atoms with Gasteiger partial charge >= 0.3 is 11.9 Å². The van der Waals surface area contributed by atoms with Crippen LogP contribution in [0, 0.1) is 34.6 Å². The van der Waals surface area contributed by atoms with Crippen LogP contribution >= 0.6 is 0 Å². The molecule has 0 bridgehead atoms. The highest BCUT2D eigenvalue weighted by molar-refractivity contribution is 5.83. The zero-order valence-electron chi connectivity index (χ0n) is 32.5. The molecule has 6 nitrogen and oxygen atoms in total. The number of carboxylic acids is 2. The molecule has 0 aliphatic heterocycles. The van der Waals surface area contributed by atoms with Crippen LogP contribution in [0.15, 0.2) is 127 Å². The maximum atomic E-state index is 11.0. The van der Waals surface area contributed by atoms with E-state index in [1.807, 2.05) is 0 Å². The summed E-state index contributed by atoms with van der Waals surface area (Å²) in [4.78, 5) is 26.7. The molecule has 0 aliphatic carbocycles. The first-order chi connectivity index (χ1) is 26.5. The molecule has 0 aliphatic rings. The molecule has 0 fully saturated rings. The van der Waals surface area contributed by atoms with Gasteiger partial charge in [0.15, 0.2) is 0 Å². The van der Waals surface area contributed by atoms with Crippen LogP contribution in [0.2, 0.25) is 0 Å². The molecular weight excluding hydrogens is 681 g/mol. The van der Waals surface area contributed by atoms with Crippen molar-refractivity contribution in [3.63, 3.8) is 0 Å². The summed E-state index contributed by atoms with van der Waals surface area (Å²) in [6.45, 7) is 10.7. The fourth-order valence-corrected chi connectivity index (χ4v) is 7.10. The molecule has 6 rings (SSSR count). The van der Waals surface area contributed by atoms with Crippen LogP contribution in [-0.2, 0) is 22.4 Å². The van der Waals surface area contributed by atoms with Gasteiger partial charge in [-0.1, -0.05) is 60.2 Å². The summed E-state index contributed by atoms with van der Waals surface area (Å²) < 4.78 is 0. The topological polar surface area (TPSA) is 81.1 Å². The Balaban J connectivity index is 1.32. The molecule has 0 unspecified atom stereocenters. The first-order valence-corrected chi connectivity index (χ1v) is 19.0. The fourth-order valence-electron chi connectivity index (χ4n) is 7.10. The number of rotatable bonds is 15. The molecule has 6 aromatic carbocycles. The van der Waals surface area contributed by atoms with Crippen molar-refractivity contribution in [2.45, 2.75) is 73.1 Å². The van der Waals surface area contributed by atoms with E-state index in [1.54, 1.807) is 0 Å². The van der Waals surface area contributed by atoms with Crippen LogP contribution in [0.1, 0.15) is 64.6 Å².